The third-order valence-corrected chi connectivity index (χ3v) is 4.75. The molecule has 0 aromatic carbocycles. The van der Waals surface area contributed by atoms with Crippen LogP contribution in [0.2, 0.25) is 5.02 Å². The minimum Gasteiger partial charge on any atom is -0.380 e. The fraction of sp³-hybridized carbons (Fsp3) is 0.692. The van der Waals surface area contributed by atoms with E-state index in [2.05, 4.69) is 22.4 Å². The molecule has 1 aromatic rings. The molecule has 2 bridgehead atoms. The lowest BCUT2D eigenvalue weighted by Gasteiger charge is -2.29. The minimum atomic E-state index is -0.248. The Labute approximate surface area is 117 Å². The smallest absolute Gasteiger partial charge is 0.287 e. The van der Waals surface area contributed by atoms with Crippen molar-refractivity contribution in [3.8, 4) is 0 Å². The van der Waals surface area contributed by atoms with Crippen molar-refractivity contribution in [3.63, 3.8) is 0 Å². The first-order chi connectivity index (χ1) is 9.04. The summed E-state index contributed by atoms with van der Waals surface area (Å²) in [7, 11) is 3.80. The van der Waals surface area contributed by atoms with E-state index in [1.165, 1.54) is 17.6 Å². The fourth-order valence-electron chi connectivity index (χ4n) is 3.42. The van der Waals surface area contributed by atoms with Gasteiger partial charge in [-0.1, -0.05) is 11.6 Å². The van der Waals surface area contributed by atoms with Crippen LogP contribution in [0.5, 0.6) is 0 Å². The summed E-state index contributed by atoms with van der Waals surface area (Å²) in [4.78, 5) is 14.2. The van der Waals surface area contributed by atoms with Crippen LogP contribution in [0, 0.1) is 5.92 Å². The highest BCUT2D eigenvalue weighted by Crippen LogP contribution is 2.36. The Balaban J connectivity index is 1.76. The van der Waals surface area contributed by atoms with Gasteiger partial charge in [0.1, 0.15) is 5.02 Å². The van der Waals surface area contributed by atoms with Crippen molar-refractivity contribution in [1.82, 2.24) is 14.7 Å². The molecule has 5 nitrogen and oxygen atoms in total. The van der Waals surface area contributed by atoms with Gasteiger partial charge >= 0.3 is 0 Å². The number of aromatic nitrogens is 2. The second-order valence-corrected chi connectivity index (χ2v) is 6.19. The first kappa shape index (κ1) is 12.9. The number of halogens is 1. The second kappa shape index (κ2) is 4.80. The maximum atomic E-state index is 11.7. The molecule has 1 unspecified atom stereocenters. The first-order valence-corrected chi connectivity index (χ1v) is 7.11. The van der Waals surface area contributed by atoms with Crippen LogP contribution in [0.4, 0.5) is 5.69 Å². The van der Waals surface area contributed by atoms with E-state index in [-0.39, 0.29) is 10.6 Å². The van der Waals surface area contributed by atoms with Crippen LogP contribution in [-0.4, -0.2) is 40.4 Å². The number of anilines is 1. The summed E-state index contributed by atoms with van der Waals surface area (Å²) in [5, 5.41) is 7.66. The van der Waals surface area contributed by atoms with Crippen LogP contribution in [0.3, 0.4) is 0 Å². The zero-order valence-corrected chi connectivity index (χ0v) is 12.0. The summed E-state index contributed by atoms with van der Waals surface area (Å²) >= 11 is 6.09. The van der Waals surface area contributed by atoms with Gasteiger partial charge < -0.3 is 10.2 Å². The van der Waals surface area contributed by atoms with Crippen molar-refractivity contribution in [2.24, 2.45) is 13.0 Å². The van der Waals surface area contributed by atoms with Gasteiger partial charge in [0.25, 0.3) is 5.56 Å². The summed E-state index contributed by atoms with van der Waals surface area (Å²) in [6.07, 6.45) is 5.20. The molecule has 2 fully saturated rings. The van der Waals surface area contributed by atoms with Crippen LogP contribution < -0.4 is 10.9 Å². The summed E-state index contributed by atoms with van der Waals surface area (Å²) in [6, 6.07) is 1.05. The topological polar surface area (TPSA) is 50.2 Å². The normalized spacial score (nSPS) is 30.6. The average molecular weight is 283 g/mol. The SMILES string of the molecule is CN1CC2C[C@H](Nc3cnn(C)c(=O)c3Cl)C[C@@H]1C2. The molecule has 104 valence electrons. The van der Waals surface area contributed by atoms with Gasteiger partial charge in [-0.25, -0.2) is 4.68 Å². The van der Waals surface area contributed by atoms with E-state index in [0.29, 0.717) is 17.8 Å². The Bertz CT molecular complexity index is 542. The van der Waals surface area contributed by atoms with E-state index < -0.39 is 0 Å². The highest BCUT2D eigenvalue weighted by molar-refractivity contribution is 6.32. The van der Waals surface area contributed by atoms with Crippen LogP contribution in [-0.2, 0) is 7.05 Å². The molecule has 3 atom stereocenters. The van der Waals surface area contributed by atoms with Gasteiger partial charge in [0.15, 0.2) is 0 Å². The molecule has 3 rings (SSSR count). The predicted octanol–water partition coefficient (Wildman–Crippen LogP) is 1.33. The third kappa shape index (κ3) is 2.37. The summed E-state index contributed by atoms with van der Waals surface area (Å²) in [5.41, 5.74) is 0.418. The third-order valence-electron chi connectivity index (χ3n) is 4.39. The Hall–Kier alpha value is -1.07. The van der Waals surface area contributed by atoms with Crippen molar-refractivity contribution in [3.05, 3.63) is 21.6 Å². The molecule has 2 aliphatic rings. The summed E-state index contributed by atoms with van der Waals surface area (Å²) in [6.45, 7) is 1.19. The number of fused-ring (bicyclic) bond motifs is 2. The number of hydrogen-bond acceptors (Lipinski definition) is 4. The fourth-order valence-corrected chi connectivity index (χ4v) is 3.64. The molecule has 0 spiro atoms. The van der Waals surface area contributed by atoms with Gasteiger partial charge in [-0.3, -0.25) is 4.79 Å². The number of likely N-dealkylation sites (tertiary alicyclic amines) is 1. The molecule has 2 heterocycles. The van der Waals surface area contributed by atoms with Crippen LogP contribution >= 0.6 is 11.6 Å². The predicted molar refractivity (Wildman–Crippen MR) is 75.7 cm³/mol. The molecule has 0 amide bonds. The van der Waals surface area contributed by atoms with Crippen molar-refractivity contribution in [1.29, 1.82) is 0 Å². The molecule has 19 heavy (non-hydrogen) atoms. The van der Waals surface area contributed by atoms with Gasteiger partial charge in [0.2, 0.25) is 0 Å². The van der Waals surface area contributed by atoms with Crippen molar-refractivity contribution >= 4 is 17.3 Å². The maximum absolute atomic E-state index is 11.7. The Kier molecular flexibility index (Phi) is 3.27. The zero-order chi connectivity index (χ0) is 13.6. The molecule has 1 aliphatic heterocycles. The summed E-state index contributed by atoms with van der Waals surface area (Å²) < 4.78 is 1.26. The van der Waals surface area contributed by atoms with Crippen molar-refractivity contribution < 1.29 is 0 Å². The van der Waals surface area contributed by atoms with E-state index in [1.54, 1.807) is 13.2 Å². The molecule has 0 radical (unpaired) electrons. The molecular weight excluding hydrogens is 264 g/mol. The second-order valence-electron chi connectivity index (χ2n) is 5.81. The van der Waals surface area contributed by atoms with E-state index in [1.807, 2.05) is 0 Å². The molecule has 1 saturated heterocycles. The number of hydrogen-bond donors (Lipinski definition) is 1. The van der Waals surface area contributed by atoms with E-state index in [4.69, 9.17) is 11.6 Å². The highest BCUT2D eigenvalue weighted by atomic mass is 35.5. The summed E-state index contributed by atoms with van der Waals surface area (Å²) in [5.74, 6) is 0.763. The van der Waals surface area contributed by atoms with Crippen molar-refractivity contribution in [2.75, 3.05) is 18.9 Å². The molecular formula is C13H19ClN4O. The van der Waals surface area contributed by atoms with Gasteiger partial charge in [-0.15, -0.1) is 0 Å². The largest absolute Gasteiger partial charge is 0.380 e. The van der Waals surface area contributed by atoms with Crippen molar-refractivity contribution in [2.45, 2.75) is 31.3 Å². The Morgan fingerprint density at radius 1 is 1.37 bits per heavy atom. The Morgan fingerprint density at radius 3 is 2.89 bits per heavy atom. The highest BCUT2D eigenvalue weighted by Gasteiger charge is 2.37. The lowest BCUT2D eigenvalue weighted by atomic mass is 9.86. The monoisotopic (exact) mass is 282 g/mol. The van der Waals surface area contributed by atoms with Crippen LogP contribution in [0.25, 0.3) is 0 Å². The van der Waals surface area contributed by atoms with E-state index >= 15 is 0 Å². The maximum Gasteiger partial charge on any atom is 0.287 e. The quantitative estimate of drug-likeness (QED) is 0.889. The van der Waals surface area contributed by atoms with E-state index in [0.717, 1.165) is 18.8 Å². The number of nitrogens with one attached hydrogen (secondary N) is 1. The number of rotatable bonds is 2. The van der Waals surface area contributed by atoms with Gasteiger partial charge in [0.05, 0.1) is 11.9 Å². The van der Waals surface area contributed by atoms with Crippen LogP contribution in [0.15, 0.2) is 11.0 Å². The van der Waals surface area contributed by atoms with Gasteiger partial charge in [-0.05, 0) is 32.2 Å². The molecule has 1 saturated carbocycles. The number of aryl methyl sites for hydroxylation is 1. The van der Waals surface area contributed by atoms with Gasteiger partial charge in [-0.2, -0.15) is 5.10 Å². The average Bonchev–Trinajstić information content (AvgIpc) is 2.64. The zero-order valence-electron chi connectivity index (χ0n) is 11.3. The molecule has 1 aromatic heterocycles. The molecule has 6 heteroatoms. The number of nitrogens with zero attached hydrogens (tertiary/aromatic N) is 3. The lowest BCUT2D eigenvalue weighted by molar-refractivity contribution is 0.287. The van der Waals surface area contributed by atoms with Gasteiger partial charge in [0, 0.05) is 25.7 Å². The molecule has 1 N–H and O–H groups in total. The molecule has 1 aliphatic carbocycles. The standard InChI is InChI=1S/C13H19ClN4O/c1-17-7-8-3-9(5-10(17)4-8)16-11-6-15-18(2)13(19)12(11)14/h6,8-10,16H,3-5,7H2,1-2H3/t8?,9-,10-/m0/s1. The van der Waals surface area contributed by atoms with Crippen LogP contribution in [0.1, 0.15) is 19.3 Å². The minimum absolute atomic E-state index is 0.240. The van der Waals surface area contributed by atoms with E-state index in [9.17, 15) is 4.79 Å². The lowest BCUT2D eigenvalue weighted by Crippen LogP contribution is -2.34. The first-order valence-electron chi connectivity index (χ1n) is 6.73. The Morgan fingerprint density at radius 2 is 2.16 bits per heavy atom.